The van der Waals surface area contributed by atoms with Crippen molar-refractivity contribution in [3.63, 3.8) is 0 Å². The van der Waals surface area contributed by atoms with Crippen molar-refractivity contribution in [2.75, 3.05) is 11.5 Å². The predicted molar refractivity (Wildman–Crippen MR) is 112 cm³/mol. The maximum Gasteiger partial charge on any atom is 0.213 e. The van der Waals surface area contributed by atoms with Gasteiger partial charge in [-0.15, -0.1) is 0 Å². The topological polar surface area (TPSA) is 109 Å². The van der Waals surface area contributed by atoms with E-state index in [1.165, 1.54) is 0 Å². The van der Waals surface area contributed by atoms with Crippen molar-refractivity contribution in [3.05, 3.63) is 77.0 Å². The minimum absolute atomic E-state index is 0.215. The van der Waals surface area contributed by atoms with Crippen LogP contribution in [-0.4, -0.2) is 15.7 Å². The summed E-state index contributed by atoms with van der Waals surface area (Å²) >= 11 is 0. The summed E-state index contributed by atoms with van der Waals surface area (Å²) in [5, 5.41) is 4.23. The first-order valence-electron chi connectivity index (χ1n) is 9.44. The van der Waals surface area contributed by atoms with Crippen molar-refractivity contribution in [2.24, 2.45) is 5.16 Å². The van der Waals surface area contributed by atoms with Crippen LogP contribution in [0.15, 0.2) is 59.8 Å². The number of anilines is 2. The van der Waals surface area contributed by atoms with E-state index in [4.69, 9.17) is 21.0 Å². The van der Waals surface area contributed by atoms with E-state index in [1.54, 1.807) is 6.07 Å². The number of nitrogens with zero attached hydrogens (tertiary/aromatic N) is 3. The highest BCUT2D eigenvalue weighted by atomic mass is 16.6. The quantitative estimate of drug-likeness (QED) is 0.667. The summed E-state index contributed by atoms with van der Waals surface area (Å²) in [5.74, 6) is 1.42. The van der Waals surface area contributed by atoms with Gasteiger partial charge in [-0.25, -0.2) is 9.97 Å². The number of nitrogens with two attached hydrogens (primary N) is 2. The molecule has 1 aromatic carbocycles. The van der Waals surface area contributed by atoms with Gasteiger partial charge in [0.2, 0.25) is 5.88 Å². The summed E-state index contributed by atoms with van der Waals surface area (Å²) in [7, 11) is 0. The first-order chi connectivity index (χ1) is 14.1. The number of pyridine rings is 2. The second-order valence-corrected chi connectivity index (χ2v) is 7.07. The third-order valence-corrected chi connectivity index (χ3v) is 4.74. The van der Waals surface area contributed by atoms with Crippen molar-refractivity contribution >= 4 is 17.3 Å². The van der Waals surface area contributed by atoms with Gasteiger partial charge in [-0.05, 0) is 36.2 Å². The molecule has 3 aromatic rings. The van der Waals surface area contributed by atoms with Gasteiger partial charge in [0.1, 0.15) is 18.2 Å². The van der Waals surface area contributed by atoms with E-state index in [-0.39, 0.29) is 6.10 Å². The number of rotatable bonds is 6. The van der Waals surface area contributed by atoms with Crippen LogP contribution in [0.1, 0.15) is 34.9 Å². The van der Waals surface area contributed by atoms with Gasteiger partial charge >= 0.3 is 0 Å². The van der Waals surface area contributed by atoms with Gasteiger partial charge in [0.25, 0.3) is 0 Å². The Kier molecular flexibility index (Phi) is 5.29. The molecule has 7 nitrogen and oxygen atoms in total. The lowest BCUT2D eigenvalue weighted by atomic mass is 10.00. The molecule has 1 unspecified atom stereocenters. The largest absolute Gasteiger partial charge is 0.473 e. The van der Waals surface area contributed by atoms with Gasteiger partial charge in [0.15, 0.2) is 6.10 Å². The normalized spacial score (nSPS) is 15.6. The summed E-state index contributed by atoms with van der Waals surface area (Å²) < 4.78 is 5.75. The summed E-state index contributed by atoms with van der Waals surface area (Å²) in [6.07, 6.45) is 1.19. The first-order valence-corrected chi connectivity index (χ1v) is 9.44. The van der Waals surface area contributed by atoms with E-state index < -0.39 is 0 Å². The number of hydrogen-bond donors (Lipinski definition) is 2. The van der Waals surface area contributed by atoms with Gasteiger partial charge in [-0.1, -0.05) is 35.5 Å². The van der Waals surface area contributed by atoms with E-state index in [0.29, 0.717) is 30.5 Å². The monoisotopic (exact) mass is 389 g/mol. The molecule has 2 aromatic heterocycles. The van der Waals surface area contributed by atoms with Crippen LogP contribution in [0.5, 0.6) is 5.88 Å². The Bertz CT molecular complexity index is 1030. The Morgan fingerprint density at radius 2 is 1.79 bits per heavy atom. The van der Waals surface area contributed by atoms with Crippen molar-refractivity contribution < 1.29 is 9.57 Å². The SMILES string of the molecule is Cc1cccc(OCc2ccc(CC3=NOC(c4ccc(N)nc4N)C3)cc2)n1. The number of aryl methyl sites for hydroxylation is 1. The smallest absolute Gasteiger partial charge is 0.213 e. The fraction of sp³-hybridized carbons (Fsp3) is 0.227. The molecule has 0 saturated carbocycles. The average molecular weight is 389 g/mol. The molecule has 1 aliphatic heterocycles. The van der Waals surface area contributed by atoms with Crippen molar-refractivity contribution in [1.29, 1.82) is 0 Å². The van der Waals surface area contributed by atoms with E-state index in [0.717, 1.165) is 34.5 Å². The predicted octanol–water partition coefficient (Wildman–Crippen LogP) is 3.59. The van der Waals surface area contributed by atoms with Crippen LogP contribution in [0.3, 0.4) is 0 Å². The maximum atomic E-state index is 5.96. The zero-order chi connectivity index (χ0) is 20.2. The number of nitrogen functional groups attached to an aromatic ring is 2. The molecule has 0 amide bonds. The van der Waals surface area contributed by atoms with Crippen LogP contribution in [0.2, 0.25) is 0 Å². The van der Waals surface area contributed by atoms with Gasteiger partial charge in [0.05, 0.1) is 5.71 Å². The number of benzene rings is 1. The molecule has 0 spiro atoms. The van der Waals surface area contributed by atoms with Gasteiger partial charge in [-0.3, -0.25) is 0 Å². The van der Waals surface area contributed by atoms with Crippen LogP contribution >= 0.6 is 0 Å². The third-order valence-electron chi connectivity index (χ3n) is 4.74. The Hall–Kier alpha value is -3.61. The van der Waals surface area contributed by atoms with E-state index in [1.807, 2.05) is 31.2 Å². The molecule has 0 aliphatic carbocycles. The molecule has 148 valence electrons. The lowest BCUT2D eigenvalue weighted by Crippen LogP contribution is -2.07. The molecule has 7 heteroatoms. The summed E-state index contributed by atoms with van der Waals surface area (Å²) in [6.45, 7) is 2.42. The molecule has 29 heavy (non-hydrogen) atoms. The highest BCUT2D eigenvalue weighted by Gasteiger charge is 2.25. The fourth-order valence-electron chi connectivity index (χ4n) is 3.22. The zero-order valence-corrected chi connectivity index (χ0v) is 16.2. The molecule has 4 N–H and O–H groups in total. The molecule has 0 radical (unpaired) electrons. The van der Waals surface area contributed by atoms with Crippen molar-refractivity contribution in [2.45, 2.75) is 32.5 Å². The molecule has 0 bridgehead atoms. The molecule has 4 rings (SSSR count). The lowest BCUT2D eigenvalue weighted by Gasteiger charge is -2.11. The maximum absolute atomic E-state index is 5.96. The molecule has 0 fully saturated rings. The van der Waals surface area contributed by atoms with Crippen LogP contribution in [0.25, 0.3) is 0 Å². The lowest BCUT2D eigenvalue weighted by molar-refractivity contribution is 0.0860. The van der Waals surface area contributed by atoms with Gasteiger partial charge < -0.3 is 21.0 Å². The third kappa shape index (κ3) is 4.63. The van der Waals surface area contributed by atoms with Crippen LogP contribution in [-0.2, 0) is 17.9 Å². The van der Waals surface area contributed by atoms with Crippen LogP contribution in [0.4, 0.5) is 11.6 Å². The molecule has 1 atom stereocenters. The first kappa shape index (κ1) is 18.7. The number of aromatic nitrogens is 2. The highest BCUT2D eigenvalue weighted by Crippen LogP contribution is 2.31. The van der Waals surface area contributed by atoms with E-state index in [2.05, 4.69) is 39.4 Å². The Morgan fingerprint density at radius 1 is 1.00 bits per heavy atom. The average Bonchev–Trinajstić information content (AvgIpc) is 3.16. The molecular weight excluding hydrogens is 366 g/mol. The molecule has 1 aliphatic rings. The fourth-order valence-corrected chi connectivity index (χ4v) is 3.22. The van der Waals surface area contributed by atoms with E-state index in [9.17, 15) is 0 Å². The molecular formula is C22H23N5O2. The van der Waals surface area contributed by atoms with Crippen LogP contribution in [0, 0.1) is 6.92 Å². The molecule has 3 heterocycles. The number of oxime groups is 1. The number of hydrogen-bond acceptors (Lipinski definition) is 7. The van der Waals surface area contributed by atoms with Gasteiger partial charge in [-0.2, -0.15) is 0 Å². The Morgan fingerprint density at radius 3 is 2.55 bits per heavy atom. The summed E-state index contributed by atoms with van der Waals surface area (Å²) in [5.41, 5.74) is 16.6. The second kappa shape index (κ2) is 8.18. The Balaban J connectivity index is 1.32. The summed E-state index contributed by atoms with van der Waals surface area (Å²) in [6, 6.07) is 17.6. The van der Waals surface area contributed by atoms with Crippen molar-refractivity contribution in [1.82, 2.24) is 9.97 Å². The second-order valence-electron chi connectivity index (χ2n) is 7.07. The van der Waals surface area contributed by atoms with Crippen molar-refractivity contribution in [3.8, 4) is 5.88 Å². The summed E-state index contributed by atoms with van der Waals surface area (Å²) in [4.78, 5) is 14.0. The minimum Gasteiger partial charge on any atom is -0.473 e. The Labute approximate surface area is 169 Å². The highest BCUT2D eigenvalue weighted by molar-refractivity contribution is 5.87. The number of ether oxygens (including phenoxy) is 1. The van der Waals surface area contributed by atoms with Crippen LogP contribution < -0.4 is 16.2 Å². The minimum atomic E-state index is -0.215. The molecule has 0 saturated heterocycles. The zero-order valence-electron chi connectivity index (χ0n) is 16.2. The van der Waals surface area contributed by atoms with Gasteiger partial charge in [0, 0.05) is 30.2 Å². The van der Waals surface area contributed by atoms with E-state index >= 15 is 0 Å². The standard InChI is InChI=1S/C22H23N5O2/c1-14-3-2-4-21(25-14)28-13-16-7-5-15(6-8-16)11-17-12-19(29-27-17)18-9-10-20(23)26-22(18)24/h2-10,19H,11-13H2,1H3,(H4,23,24,26).